The molecule has 35 heavy (non-hydrogen) atoms. The minimum absolute atomic E-state index is 0.283. The van der Waals surface area contributed by atoms with E-state index in [0.29, 0.717) is 31.2 Å². The van der Waals surface area contributed by atoms with E-state index in [1.807, 2.05) is 21.1 Å². The molecule has 1 amide bonds. The quantitative estimate of drug-likeness (QED) is 0.311. The van der Waals surface area contributed by atoms with Crippen LogP contribution in [0.4, 0.5) is 0 Å². The van der Waals surface area contributed by atoms with Gasteiger partial charge in [-0.3, -0.25) is 19.7 Å². The van der Waals surface area contributed by atoms with Crippen molar-refractivity contribution in [3.05, 3.63) is 47.0 Å². The fraction of sp³-hybridized carbons (Fsp3) is 0.593. The predicted molar refractivity (Wildman–Crippen MR) is 149 cm³/mol. The third-order valence-electron chi connectivity index (χ3n) is 6.44. The van der Waals surface area contributed by atoms with Gasteiger partial charge in [-0.25, -0.2) is 0 Å². The van der Waals surface area contributed by atoms with Crippen molar-refractivity contribution in [2.24, 2.45) is 15.4 Å². The lowest BCUT2D eigenvalue weighted by molar-refractivity contribution is -0.142. The number of methoxy groups -OCH3 is 1. The van der Waals surface area contributed by atoms with Gasteiger partial charge < -0.3 is 15.0 Å². The van der Waals surface area contributed by atoms with E-state index in [2.05, 4.69) is 64.2 Å². The van der Waals surface area contributed by atoms with Gasteiger partial charge in [0, 0.05) is 68.6 Å². The highest BCUT2D eigenvalue weighted by Crippen LogP contribution is 2.49. The molecule has 0 bridgehead atoms. The molecule has 1 aliphatic heterocycles. The van der Waals surface area contributed by atoms with Gasteiger partial charge in [0.15, 0.2) is 0 Å². The summed E-state index contributed by atoms with van der Waals surface area (Å²) in [6.45, 7) is 13.1. The van der Waals surface area contributed by atoms with Gasteiger partial charge in [0.05, 0.1) is 12.6 Å². The van der Waals surface area contributed by atoms with Crippen LogP contribution >= 0.6 is 11.8 Å². The largest absolute Gasteiger partial charge is 0.381 e. The minimum atomic E-state index is 0.283. The highest BCUT2D eigenvalue weighted by molar-refractivity contribution is 8.03. The lowest BCUT2D eigenvalue weighted by Crippen LogP contribution is -2.63. The molecule has 7 nitrogen and oxygen atoms in total. The van der Waals surface area contributed by atoms with Crippen LogP contribution in [0.1, 0.15) is 32.3 Å². The van der Waals surface area contributed by atoms with E-state index in [0.717, 1.165) is 23.6 Å². The maximum Gasteiger partial charge on any atom is 0.209 e. The first-order chi connectivity index (χ1) is 17.0. The van der Waals surface area contributed by atoms with Crippen molar-refractivity contribution >= 4 is 31.1 Å². The van der Waals surface area contributed by atoms with Crippen LogP contribution in [0.5, 0.6) is 0 Å². The van der Waals surface area contributed by atoms with Gasteiger partial charge in [0.1, 0.15) is 0 Å². The van der Waals surface area contributed by atoms with Crippen molar-refractivity contribution in [2.75, 3.05) is 52.6 Å². The summed E-state index contributed by atoms with van der Waals surface area (Å²) in [4.78, 5) is 24.2. The average Bonchev–Trinajstić information content (AvgIpc) is 2.82. The smallest absolute Gasteiger partial charge is 0.209 e. The monoisotopic (exact) mass is 501 g/mol. The number of thioether (sulfide) groups is 1. The number of likely N-dealkylation sites (tertiary alicyclic amines) is 1. The molecule has 1 aromatic rings. The van der Waals surface area contributed by atoms with E-state index >= 15 is 0 Å². The van der Waals surface area contributed by atoms with Crippen LogP contribution in [0.15, 0.2) is 51.4 Å². The Morgan fingerprint density at radius 1 is 1.37 bits per heavy atom. The number of hydrogen-bond acceptors (Lipinski definition) is 7. The summed E-state index contributed by atoms with van der Waals surface area (Å²) in [6, 6.07) is 11.0. The number of likely N-dealkylation sites (N-methyl/N-ethyl adjacent to an activating group) is 1. The molecule has 1 spiro atoms. The first-order valence-electron chi connectivity index (χ1n) is 12.4. The Labute approximate surface area is 216 Å². The second-order valence-electron chi connectivity index (χ2n) is 9.37. The maximum atomic E-state index is 10.9. The molecule has 1 heterocycles. The number of rotatable bonds is 14. The molecule has 1 saturated heterocycles. The van der Waals surface area contributed by atoms with Crippen molar-refractivity contribution in [1.29, 1.82) is 0 Å². The molecule has 1 unspecified atom stereocenters. The highest BCUT2D eigenvalue weighted by atomic mass is 32.2. The van der Waals surface area contributed by atoms with Crippen LogP contribution in [-0.4, -0.2) is 93.9 Å². The Morgan fingerprint density at radius 3 is 2.66 bits per heavy atom. The summed E-state index contributed by atoms with van der Waals surface area (Å²) in [6.07, 6.45) is 7.43. The average molecular weight is 502 g/mol. The van der Waals surface area contributed by atoms with Crippen LogP contribution in [0.3, 0.4) is 0 Å². The Hall–Kier alpha value is -2.00. The topological polar surface area (TPSA) is 69.5 Å². The molecule has 8 heteroatoms. The van der Waals surface area contributed by atoms with Gasteiger partial charge in [-0.15, -0.1) is 11.8 Å². The normalized spacial score (nSPS) is 18.3. The van der Waals surface area contributed by atoms with Gasteiger partial charge >= 0.3 is 0 Å². The van der Waals surface area contributed by atoms with E-state index in [1.54, 1.807) is 29.1 Å². The first kappa shape index (κ1) is 29.2. The number of ether oxygens (including phenoxy) is 1. The lowest BCUT2D eigenvalue weighted by Gasteiger charge is -2.58. The third-order valence-corrected chi connectivity index (χ3v) is 7.27. The third kappa shape index (κ3) is 10.3. The molecule has 1 atom stereocenters. The number of nitrogens with zero attached hydrogens (tertiary/aromatic N) is 4. The Bertz CT molecular complexity index is 803. The summed E-state index contributed by atoms with van der Waals surface area (Å²) in [5.74, 6) is 0.966. The Kier molecular flexibility index (Phi) is 13.3. The Balaban J connectivity index is 0.000000249. The van der Waals surface area contributed by atoms with Crippen molar-refractivity contribution in [1.82, 2.24) is 15.1 Å². The van der Waals surface area contributed by atoms with E-state index in [4.69, 9.17) is 4.74 Å². The molecule has 1 aliphatic carbocycles. The van der Waals surface area contributed by atoms with Crippen LogP contribution in [0, 0.1) is 5.41 Å². The molecule has 1 N–H and O–H groups in total. The molecule has 194 valence electrons. The number of hydrogen-bond donors (Lipinski definition) is 1. The second kappa shape index (κ2) is 15.9. The summed E-state index contributed by atoms with van der Waals surface area (Å²) in [7, 11) is 3.71. The van der Waals surface area contributed by atoms with E-state index in [-0.39, 0.29) is 6.04 Å². The van der Waals surface area contributed by atoms with Gasteiger partial charge in [-0.05, 0) is 44.8 Å². The summed E-state index contributed by atoms with van der Waals surface area (Å²) in [5.41, 5.74) is 2.05. The number of carbonyl (C=O) groups excluding carboxylic acids is 1. The molecular weight excluding hydrogens is 458 g/mol. The van der Waals surface area contributed by atoms with E-state index < -0.39 is 0 Å². The van der Waals surface area contributed by atoms with Crippen molar-refractivity contribution in [3.8, 4) is 0 Å². The van der Waals surface area contributed by atoms with Crippen LogP contribution in [0.25, 0.3) is 0 Å². The molecular formula is C27H43N5O2S. The predicted octanol–water partition coefficient (Wildman–Crippen LogP) is 3.72. The summed E-state index contributed by atoms with van der Waals surface area (Å²) >= 11 is 1.66. The maximum absolute atomic E-state index is 10.9. The standard InChI is InChI=1S/C14H19NO.C13H24N4OS/c1-16-13-7-14(8-13)10-15(11-14)9-12-5-3-2-4-6-12;1-5-19-13(8-14-3)9-16-6-7-17(11-18)10-12(2)15-4/h2-6,13H,7-11H2,1H3;8-9,11-12,15H,3,5-7,10H2,1-2,4H3/b;13-8+,16-9?. The lowest BCUT2D eigenvalue weighted by atomic mass is 9.61. The molecule has 3 rings (SSSR count). The van der Waals surface area contributed by atoms with Gasteiger partial charge in [-0.1, -0.05) is 37.3 Å². The fourth-order valence-corrected chi connectivity index (χ4v) is 5.15. The SMILES string of the molecule is C=N/C=C(\C=NCCN(C=O)CC(C)NC)SCC.COC1CC2(C1)CN(Cc1ccccc1)C2. The second-order valence-corrected chi connectivity index (χ2v) is 10.7. The summed E-state index contributed by atoms with van der Waals surface area (Å²) < 4.78 is 5.35. The highest BCUT2D eigenvalue weighted by Gasteiger charge is 2.52. The molecule has 0 aromatic heterocycles. The summed E-state index contributed by atoms with van der Waals surface area (Å²) in [5, 5.41) is 3.10. The van der Waals surface area contributed by atoms with Gasteiger partial charge in [-0.2, -0.15) is 0 Å². The Morgan fingerprint density at radius 2 is 2.09 bits per heavy atom. The first-order valence-corrected chi connectivity index (χ1v) is 13.4. The number of benzene rings is 1. The van der Waals surface area contributed by atoms with Gasteiger partial charge in [0.2, 0.25) is 6.41 Å². The molecule has 2 fully saturated rings. The van der Waals surface area contributed by atoms with E-state index in [1.165, 1.54) is 31.5 Å². The van der Waals surface area contributed by atoms with Crippen molar-refractivity contribution in [2.45, 2.75) is 45.4 Å². The molecule has 2 aliphatic rings. The zero-order chi connectivity index (χ0) is 25.5. The number of allylic oxidation sites excluding steroid dienone is 1. The minimum Gasteiger partial charge on any atom is -0.381 e. The van der Waals surface area contributed by atoms with Crippen LogP contribution in [-0.2, 0) is 16.1 Å². The van der Waals surface area contributed by atoms with Crippen molar-refractivity contribution in [3.63, 3.8) is 0 Å². The number of carbonyl (C=O) groups is 1. The molecule has 1 aromatic carbocycles. The molecule has 0 radical (unpaired) electrons. The zero-order valence-electron chi connectivity index (χ0n) is 21.9. The van der Waals surface area contributed by atoms with Crippen LogP contribution in [0.2, 0.25) is 0 Å². The number of aliphatic imine (C=N–C) groups is 2. The van der Waals surface area contributed by atoms with Crippen molar-refractivity contribution < 1.29 is 9.53 Å². The van der Waals surface area contributed by atoms with E-state index in [9.17, 15) is 4.79 Å². The number of amides is 1. The zero-order valence-corrected chi connectivity index (χ0v) is 22.7. The number of nitrogens with one attached hydrogen (secondary N) is 1. The molecule has 1 saturated carbocycles. The fourth-order valence-electron chi connectivity index (χ4n) is 4.52. The van der Waals surface area contributed by atoms with Gasteiger partial charge in [0.25, 0.3) is 0 Å². The van der Waals surface area contributed by atoms with Crippen LogP contribution < -0.4 is 5.32 Å².